The first-order chi connectivity index (χ1) is 14.6. The molecule has 2 aromatic carbocycles. The summed E-state index contributed by atoms with van der Waals surface area (Å²) in [6.45, 7) is 0.281. The zero-order valence-electron chi connectivity index (χ0n) is 16.6. The monoisotopic (exact) mass is 464 g/mol. The fourth-order valence-electron chi connectivity index (χ4n) is 3.38. The Morgan fingerprint density at radius 3 is 2.45 bits per heavy atom. The zero-order valence-corrected chi connectivity index (χ0v) is 18.2. The van der Waals surface area contributed by atoms with Crippen molar-refractivity contribution >= 4 is 44.9 Å². The van der Waals surface area contributed by atoms with Crippen molar-refractivity contribution in [1.82, 2.24) is 10.2 Å². The number of benzene rings is 2. The highest BCUT2D eigenvalue weighted by Gasteiger charge is 2.44. The molecular weight excluding hydrogens is 443 g/mol. The van der Waals surface area contributed by atoms with Crippen LogP contribution in [0.25, 0.3) is 0 Å². The number of halogens is 1. The largest absolute Gasteiger partial charge is 0.366 e. The van der Waals surface area contributed by atoms with Crippen LogP contribution in [0, 0.1) is 5.82 Å². The van der Waals surface area contributed by atoms with E-state index in [1.165, 1.54) is 30.3 Å². The Labute approximate surface area is 184 Å². The molecule has 3 rings (SSSR count). The highest BCUT2D eigenvalue weighted by Crippen LogP contribution is 2.28. The molecule has 0 spiro atoms. The normalized spacial score (nSPS) is 16.5. The van der Waals surface area contributed by atoms with Gasteiger partial charge in [0.2, 0.25) is 15.9 Å². The molecule has 164 valence electrons. The lowest BCUT2D eigenvalue weighted by Gasteiger charge is -2.29. The number of imide groups is 1. The third kappa shape index (κ3) is 4.89. The Kier molecular flexibility index (Phi) is 6.68. The van der Waals surface area contributed by atoms with Gasteiger partial charge in [-0.3, -0.25) is 9.59 Å². The molecule has 1 aliphatic rings. The molecule has 1 heterocycles. The molecular formula is C20H21FN4O4S2. The third-order valence-electron chi connectivity index (χ3n) is 4.96. The van der Waals surface area contributed by atoms with E-state index in [1.54, 1.807) is 30.1 Å². The summed E-state index contributed by atoms with van der Waals surface area (Å²) in [4.78, 5) is 28.0. The van der Waals surface area contributed by atoms with Gasteiger partial charge in [-0.25, -0.2) is 22.8 Å². The van der Waals surface area contributed by atoms with Gasteiger partial charge in [-0.1, -0.05) is 24.3 Å². The second-order valence-electron chi connectivity index (χ2n) is 6.93. The maximum Gasteiger partial charge on any atom is 0.257 e. The minimum absolute atomic E-state index is 0.00375. The molecule has 1 saturated heterocycles. The van der Waals surface area contributed by atoms with Crippen molar-refractivity contribution in [3.8, 4) is 0 Å². The minimum Gasteiger partial charge on any atom is -0.366 e. The topological polar surface area (TPSA) is 113 Å². The van der Waals surface area contributed by atoms with Gasteiger partial charge in [0.05, 0.1) is 17.0 Å². The van der Waals surface area contributed by atoms with Gasteiger partial charge in [-0.05, 0) is 48.5 Å². The maximum absolute atomic E-state index is 14.2. The molecule has 0 saturated carbocycles. The number of nitrogens with zero attached hydrogens (tertiary/aromatic N) is 2. The number of sulfonamides is 1. The van der Waals surface area contributed by atoms with E-state index >= 15 is 0 Å². The molecule has 11 heteroatoms. The summed E-state index contributed by atoms with van der Waals surface area (Å²) in [5, 5.41) is 8.19. The van der Waals surface area contributed by atoms with Gasteiger partial charge in [0, 0.05) is 13.6 Å². The number of anilines is 1. The molecule has 0 aromatic heterocycles. The summed E-state index contributed by atoms with van der Waals surface area (Å²) in [5.74, 6) is -1.73. The lowest BCUT2D eigenvalue weighted by molar-refractivity contribution is -0.122. The number of para-hydroxylation sites is 1. The first-order valence-corrected chi connectivity index (χ1v) is 11.3. The number of hydrogen-bond donors (Lipinski definition) is 2. The van der Waals surface area contributed by atoms with Crippen LogP contribution in [-0.4, -0.2) is 49.9 Å². The Morgan fingerprint density at radius 1 is 1.23 bits per heavy atom. The summed E-state index contributed by atoms with van der Waals surface area (Å²) < 4.78 is 37.0. The van der Waals surface area contributed by atoms with Crippen LogP contribution >= 0.6 is 12.2 Å². The number of rotatable bonds is 6. The van der Waals surface area contributed by atoms with E-state index in [0.29, 0.717) is 6.42 Å². The fraction of sp³-hybridized carbons (Fsp3) is 0.250. The van der Waals surface area contributed by atoms with E-state index in [-0.39, 0.29) is 28.7 Å². The summed E-state index contributed by atoms with van der Waals surface area (Å²) >= 11 is 5.33. The highest BCUT2D eigenvalue weighted by molar-refractivity contribution is 7.89. The van der Waals surface area contributed by atoms with Crippen LogP contribution in [0.3, 0.4) is 0 Å². The number of nitrogens with two attached hydrogens (primary N) is 1. The number of carbonyl (C=O) groups excluding carboxylic acids is 2. The predicted octanol–water partition coefficient (Wildman–Crippen LogP) is 1.15. The molecule has 1 aliphatic heterocycles. The van der Waals surface area contributed by atoms with Crippen molar-refractivity contribution < 1.29 is 22.4 Å². The van der Waals surface area contributed by atoms with E-state index in [2.05, 4.69) is 5.32 Å². The zero-order chi connectivity index (χ0) is 22.8. The second kappa shape index (κ2) is 9.08. The number of thiocarbonyl (C=S) groups is 1. The van der Waals surface area contributed by atoms with Crippen LogP contribution in [0.4, 0.5) is 10.1 Å². The summed E-state index contributed by atoms with van der Waals surface area (Å²) in [5.41, 5.74) is 0.702. The molecule has 0 unspecified atom stereocenters. The van der Waals surface area contributed by atoms with E-state index < -0.39 is 33.7 Å². The first-order valence-electron chi connectivity index (χ1n) is 9.35. The van der Waals surface area contributed by atoms with Crippen LogP contribution in [0.5, 0.6) is 0 Å². The number of primary sulfonamides is 1. The van der Waals surface area contributed by atoms with Gasteiger partial charge in [0.1, 0.15) is 11.9 Å². The molecule has 1 atom stereocenters. The lowest BCUT2D eigenvalue weighted by atomic mass is 10.1. The van der Waals surface area contributed by atoms with Crippen LogP contribution in [0.15, 0.2) is 53.4 Å². The smallest absolute Gasteiger partial charge is 0.257 e. The van der Waals surface area contributed by atoms with Crippen LogP contribution in [-0.2, 0) is 26.0 Å². The van der Waals surface area contributed by atoms with Crippen molar-refractivity contribution in [3.63, 3.8) is 0 Å². The average molecular weight is 465 g/mol. The van der Waals surface area contributed by atoms with Gasteiger partial charge in [0.15, 0.2) is 5.11 Å². The second-order valence-corrected chi connectivity index (χ2v) is 8.87. The standard InChI is InChI=1S/C20H21FN4O4S2/c1-23-20(30)24(11-10-13-6-8-14(9-7-13)31(22,28)29)17-12-18(26)25(19(17)27)16-5-3-2-4-15(16)21/h2-9,17H,10-12H2,1H3,(H,23,30)(H2,22,28,29)/t17-/m1/s1. The SMILES string of the molecule is CNC(=S)N(CCc1ccc(S(N)(=O)=O)cc1)[C@@H]1CC(=O)N(c2ccccc2F)C1=O. The molecule has 8 nitrogen and oxygen atoms in total. The number of amides is 2. The van der Waals surface area contributed by atoms with Gasteiger partial charge in [-0.15, -0.1) is 0 Å². The van der Waals surface area contributed by atoms with Gasteiger partial charge in [-0.2, -0.15) is 0 Å². The quantitative estimate of drug-likeness (QED) is 0.487. The van der Waals surface area contributed by atoms with E-state index in [4.69, 9.17) is 17.4 Å². The molecule has 0 bridgehead atoms. The van der Waals surface area contributed by atoms with Crippen molar-refractivity contribution in [1.29, 1.82) is 0 Å². The summed E-state index contributed by atoms with van der Waals surface area (Å²) in [7, 11) is -2.19. The van der Waals surface area contributed by atoms with Crippen molar-refractivity contribution in [2.75, 3.05) is 18.5 Å². The van der Waals surface area contributed by atoms with Gasteiger partial charge in [0.25, 0.3) is 5.91 Å². The van der Waals surface area contributed by atoms with E-state index in [9.17, 15) is 22.4 Å². The number of carbonyl (C=O) groups is 2. The van der Waals surface area contributed by atoms with Crippen molar-refractivity contribution in [2.24, 2.45) is 5.14 Å². The number of nitrogens with one attached hydrogen (secondary N) is 1. The van der Waals surface area contributed by atoms with E-state index in [1.807, 2.05) is 0 Å². The fourth-order valence-corrected chi connectivity index (χ4v) is 4.12. The van der Waals surface area contributed by atoms with Crippen LogP contribution in [0.1, 0.15) is 12.0 Å². The molecule has 2 aromatic rings. The average Bonchev–Trinajstić information content (AvgIpc) is 3.02. The predicted molar refractivity (Wildman–Crippen MR) is 117 cm³/mol. The molecule has 0 aliphatic carbocycles. The maximum atomic E-state index is 14.2. The van der Waals surface area contributed by atoms with E-state index in [0.717, 1.165) is 10.5 Å². The molecule has 3 N–H and O–H groups in total. The Balaban J connectivity index is 1.80. The molecule has 0 radical (unpaired) electrons. The van der Waals surface area contributed by atoms with Crippen LogP contribution < -0.4 is 15.4 Å². The van der Waals surface area contributed by atoms with Crippen LogP contribution in [0.2, 0.25) is 0 Å². The Morgan fingerprint density at radius 2 is 1.87 bits per heavy atom. The van der Waals surface area contributed by atoms with Gasteiger partial charge < -0.3 is 10.2 Å². The molecule has 2 amide bonds. The molecule has 31 heavy (non-hydrogen) atoms. The van der Waals surface area contributed by atoms with Crippen molar-refractivity contribution in [3.05, 3.63) is 59.9 Å². The first kappa shape index (κ1) is 22.8. The minimum atomic E-state index is -3.79. The summed E-state index contributed by atoms with van der Waals surface area (Å²) in [6, 6.07) is 10.7. The van der Waals surface area contributed by atoms with Gasteiger partial charge >= 0.3 is 0 Å². The molecule has 1 fully saturated rings. The summed E-state index contributed by atoms with van der Waals surface area (Å²) in [6.07, 6.45) is 0.281. The Bertz CT molecular complexity index is 1120. The van der Waals surface area contributed by atoms with Crippen molar-refractivity contribution in [2.45, 2.75) is 23.8 Å². The Hall–Kier alpha value is -2.89. The third-order valence-corrected chi connectivity index (χ3v) is 6.33. The number of hydrogen-bond acceptors (Lipinski definition) is 5. The lowest BCUT2D eigenvalue weighted by Crippen LogP contribution is -2.49. The highest BCUT2D eigenvalue weighted by atomic mass is 32.2.